The van der Waals surface area contributed by atoms with Gasteiger partial charge in [0.15, 0.2) is 23.2 Å². The van der Waals surface area contributed by atoms with Crippen LogP contribution in [0.15, 0.2) is 42.5 Å². The summed E-state index contributed by atoms with van der Waals surface area (Å²) in [5.74, 6) is -2.45. The summed E-state index contributed by atoms with van der Waals surface area (Å²) in [5.41, 5.74) is 0.117. The van der Waals surface area contributed by atoms with Gasteiger partial charge in [-0.05, 0) is 24.3 Å². The molecule has 2 rings (SSSR count). The van der Waals surface area contributed by atoms with Crippen LogP contribution in [0.3, 0.4) is 0 Å². The molecule has 0 spiro atoms. The van der Waals surface area contributed by atoms with Gasteiger partial charge in [0, 0.05) is 11.8 Å². The minimum Gasteiger partial charge on any atom is -0.489 e. The molecule has 0 aromatic heterocycles. The molecule has 7 heteroatoms. The first-order valence-electron chi connectivity index (χ1n) is 6.43. The first kappa shape index (κ1) is 15.7. The molecule has 0 aliphatic carbocycles. The molecule has 0 saturated heterocycles. The molecule has 0 unspecified atom stereocenters. The maximum atomic E-state index is 13.2. The fraction of sp³-hybridized carbons (Fsp3) is 0.133. The molecule has 0 atom stereocenters. The minimum absolute atomic E-state index is 0.0616. The van der Waals surface area contributed by atoms with Crippen molar-refractivity contribution in [3.63, 3.8) is 0 Å². The normalized spacial score (nSPS) is 10.1. The summed E-state index contributed by atoms with van der Waals surface area (Å²) >= 11 is 0. The first-order valence-corrected chi connectivity index (χ1v) is 6.43. The highest BCUT2D eigenvalue weighted by Crippen LogP contribution is 2.15. The molecule has 116 valence electrons. The van der Waals surface area contributed by atoms with E-state index in [1.165, 1.54) is 24.3 Å². The molecule has 2 amide bonds. The Hall–Kier alpha value is -2.70. The number of nitrogens with one attached hydrogen (secondary N) is 2. The molecule has 2 aromatic rings. The van der Waals surface area contributed by atoms with Crippen molar-refractivity contribution in [2.75, 3.05) is 18.5 Å². The fourth-order valence-electron chi connectivity index (χ4n) is 1.64. The maximum Gasteiger partial charge on any atom is 0.319 e. The van der Waals surface area contributed by atoms with E-state index in [0.717, 1.165) is 12.1 Å². The number of benzene rings is 2. The van der Waals surface area contributed by atoms with Crippen molar-refractivity contribution in [2.45, 2.75) is 0 Å². The van der Waals surface area contributed by atoms with Crippen LogP contribution < -0.4 is 15.4 Å². The Labute approximate surface area is 124 Å². The second-order valence-electron chi connectivity index (χ2n) is 4.29. The van der Waals surface area contributed by atoms with E-state index in [1.807, 2.05) is 0 Å². The topological polar surface area (TPSA) is 50.4 Å². The summed E-state index contributed by atoms with van der Waals surface area (Å²) in [6, 6.07) is 8.29. The molecule has 0 radical (unpaired) electrons. The Morgan fingerprint density at radius 1 is 1.00 bits per heavy atom. The molecular formula is C15H13F3N2O2. The van der Waals surface area contributed by atoms with Crippen molar-refractivity contribution in [2.24, 2.45) is 0 Å². The van der Waals surface area contributed by atoms with E-state index in [0.29, 0.717) is 0 Å². The van der Waals surface area contributed by atoms with Gasteiger partial charge in [-0.3, -0.25) is 0 Å². The molecule has 2 N–H and O–H groups in total. The van der Waals surface area contributed by atoms with Crippen LogP contribution in [0.1, 0.15) is 0 Å². The number of hydrogen-bond acceptors (Lipinski definition) is 2. The van der Waals surface area contributed by atoms with Crippen molar-refractivity contribution < 1.29 is 22.7 Å². The third kappa shape index (κ3) is 4.41. The second-order valence-corrected chi connectivity index (χ2v) is 4.29. The van der Waals surface area contributed by atoms with Crippen LogP contribution >= 0.6 is 0 Å². The predicted octanol–water partition coefficient (Wildman–Crippen LogP) is 3.30. The standard InChI is InChI=1S/C15H13F3N2O2/c16-11-6-5-10(9-13(11)18)20-15(21)19-7-8-22-14-4-2-1-3-12(14)17/h1-6,9H,7-8H2,(H2,19,20,21). The van der Waals surface area contributed by atoms with Crippen molar-refractivity contribution in [3.05, 3.63) is 59.9 Å². The highest BCUT2D eigenvalue weighted by molar-refractivity contribution is 5.89. The van der Waals surface area contributed by atoms with Gasteiger partial charge in [-0.2, -0.15) is 0 Å². The molecule has 0 fully saturated rings. The molecule has 0 bridgehead atoms. The Morgan fingerprint density at radius 3 is 2.50 bits per heavy atom. The van der Waals surface area contributed by atoms with Crippen LogP contribution in [0.4, 0.5) is 23.7 Å². The minimum atomic E-state index is -1.05. The summed E-state index contributed by atoms with van der Waals surface area (Å²) < 4.78 is 44.1. The third-order valence-corrected chi connectivity index (χ3v) is 2.66. The summed E-state index contributed by atoms with van der Waals surface area (Å²) in [7, 11) is 0. The number of carbonyl (C=O) groups excluding carboxylic acids is 1. The second kappa shape index (κ2) is 7.35. The van der Waals surface area contributed by atoms with E-state index in [2.05, 4.69) is 10.6 Å². The SMILES string of the molecule is O=C(NCCOc1ccccc1F)Nc1ccc(F)c(F)c1. The van der Waals surface area contributed by atoms with Gasteiger partial charge < -0.3 is 15.4 Å². The third-order valence-electron chi connectivity index (χ3n) is 2.66. The average molecular weight is 310 g/mol. The van der Waals surface area contributed by atoms with E-state index < -0.39 is 23.5 Å². The molecule has 0 heterocycles. The zero-order valence-electron chi connectivity index (χ0n) is 11.4. The lowest BCUT2D eigenvalue weighted by molar-refractivity contribution is 0.246. The van der Waals surface area contributed by atoms with Crippen molar-refractivity contribution >= 4 is 11.7 Å². The highest BCUT2D eigenvalue weighted by atomic mass is 19.2. The Balaban J connectivity index is 1.74. The zero-order valence-corrected chi connectivity index (χ0v) is 11.4. The van der Waals surface area contributed by atoms with Crippen molar-refractivity contribution in [1.82, 2.24) is 5.32 Å². The molecule has 0 aliphatic heterocycles. The monoisotopic (exact) mass is 310 g/mol. The Kier molecular flexibility index (Phi) is 5.24. The van der Waals surface area contributed by atoms with Crippen LogP contribution in [0.5, 0.6) is 5.75 Å². The van der Waals surface area contributed by atoms with Gasteiger partial charge in [0.2, 0.25) is 0 Å². The lowest BCUT2D eigenvalue weighted by atomic mass is 10.3. The zero-order chi connectivity index (χ0) is 15.9. The number of halogens is 3. The van der Waals surface area contributed by atoms with Gasteiger partial charge in [-0.1, -0.05) is 12.1 Å². The summed E-state index contributed by atoms with van der Waals surface area (Å²) in [6.07, 6.45) is 0. The van der Waals surface area contributed by atoms with Gasteiger partial charge in [0.1, 0.15) is 6.61 Å². The average Bonchev–Trinajstić information content (AvgIpc) is 2.49. The molecule has 4 nitrogen and oxygen atoms in total. The Bertz CT molecular complexity index is 665. The molecule has 2 aromatic carbocycles. The number of carbonyl (C=O) groups is 1. The maximum absolute atomic E-state index is 13.2. The van der Waals surface area contributed by atoms with E-state index in [9.17, 15) is 18.0 Å². The number of amides is 2. The number of ether oxygens (including phenoxy) is 1. The van der Waals surface area contributed by atoms with Crippen LogP contribution in [-0.4, -0.2) is 19.2 Å². The fourth-order valence-corrected chi connectivity index (χ4v) is 1.64. The van der Waals surface area contributed by atoms with Gasteiger partial charge in [-0.25, -0.2) is 18.0 Å². The largest absolute Gasteiger partial charge is 0.489 e. The molecule has 0 saturated carbocycles. The quantitative estimate of drug-likeness (QED) is 0.833. The van der Waals surface area contributed by atoms with Crippen LogP contribution in [0.25, 0.3) is 0 Å². The molecular weight excluding hydrogens is 297 g/mol. The predicted molar refractivity (Wildman–Crippen MR) is 75.3 cm³/mol. The Morgan fingerprint density at radius 2 is 1.77 bits per heavy atom. The molecule has 0 aliphatic rings. The number of hydrogen-bond donors (Lipinski definition) is 2. The van der Waals surface area contributed by atoms with Gasteiger partial charge in [0.05, 0.1) is 6.54 Å². The van der Waals surface area contributed by atoms with Crippen LogP contribution in [0, 0.1) is 17.5 Å². The van der Waals surface area contributed by atoms with Crippen molar-refractivity contribution in [3.8, 4) is 5.75 Å². The van der Waals surface area contributed by atoms with E-state index in [4.69, 9.17) is 4.74 Å². The van der Waals surface area contributed by atoms with Crippen LogP contribution in [0.2, 0.25) is 0 Å². The summed E-state index contributed by atoms with van der Waals surface area (Å²) in [4.78, 5) is 11.5. The molecule has 22 heavy (non-hydrogen) atoms. The first-order chi connectivity index (χ1) is 10.6. The van der Waals surface area contributed by atoms with E-state index in [-0.39, 0.29) is 24.6 Å². The van der Waals surface area contributed by atoms with E-state index in [1.54, 1.807) is 6.07 Å². The number of urea groups is 1. The summed E-state index contributed by atoms with van der Waals surface area (Å²) in [5, 5.41) is 4.77. The number of rotatable bonds is 5. The van der Waals surface area contributed by atoms with Crippen molar-refractivity contribution in [1.29, 1.82) is 0 Å². The lowest BCUT2D eigenvalue weighted by Crippen LogP contribution is -2.32. The van der Waals surface area contributed by atoms with E-state index >= 15 is 0 Å². The number of para-hydroxylation sites is 1. The van der Waals surface area contributed by atoms with Crippen LogP contribution in [-0.2, 0) is 0 Å². The van der Waals surface area contributed by atoms with Gasteiger partial charge in [-0.15, -0.1) is 0 Å². The number of anilines is 1. The summed E-state index contributed by atoms with van der Waals surface area (Å²) in [6.45, 7) is 0.177. The van der Waals surface area contributed by atoms with Gasteiger partial charge >= 0.3 is 6.03 Å². The smallest absolute Gasteiger partial charge is 0.319 e. The highest BCUT2D eigenvalue weighted by Gasteiger charge is 2.06. The van der Waals surface area contributed by atoms with Gasteiger partial charge in [0.25, 0.3) is 0 Å². The lowest BCUT2D eigenvalue weighted by Gasteiger charge is -2.09.